The smallest absolute Gasteiger partial charge is 0.0637 e. The highest BCUT2D eigenvalue weighted by atomic mass is 35.5. The largest absolute Gasteiger partial charge is 0.307 e. The van der Waals surface area contributed by atoms with E-state index in [1.807, 2.05) is 6.07 Å². The van der Waals surface area contributed by atoms with Crippen LogP contribution in [0.25, 0.3) is 0 Å². The second kappa shape index (κ2) is 2.22. The van der Waals surface area contributed by atoms with Gasteiger partial charge in [-0.15, -0.1) is 0 Å². The third kappa shape index (κ3) is 1.00. The highest BCUT2D eigenvalue weighted by Gasteiger charge is 2.23. The zero-order valence-electron chi connectivity index (χ0n) is 5.34. The second-order valence-electron chi connectivity index (χ2n) is 2.36. The Bertz CT molecular complexity index is 245. The summed E-state index contributed by atoms with van der Waals surface area (Å²) in [5.41, 5.74) is 1.16. The van der Waals surface area contributed by atoms with Crippen molar-refractivity contribution in [3.63, 3.8) is 0 Å². The molecule has 0 amide bonds. The Morgan fingerprint density at radius 2 is 2.50 bits per heavy atom. The molecule has 0 unspecified atom stereocenters. The van der Waals surface area contributed by atoms with Crippen LogP contribution in [0.15, 0.2) is 18.5 Å². The van der Waals surface area contributed by atoms with Gasteiger partial charge in [-0.3, -0.25) is 4.98 Å². The molecule has 1 fully saturated rings. The Hall–Kier alpha value is -0.600. The summed E-state index contributed by atoms with van der Waals surface area (Å²) in [4.78, 5) is 3.90. The summed E-state index contributed by atoms with van der Waals surface area (Å²) in [5.74, 6) is 0. The molecule has 2 heterocycles. The SMILES string of the molecule is Clc1cnccc1[C@H]1CN1. The van der Waals surface area contributed by atoms with Crippen molar-refractivity contribution in [2.75, 3.05) is 6.54 Å². The van der Waals surface area contributed by atoms with E-state index in [0.29, 0.717) is 6.04 Å². The molecule has 0 radical (unpaired) electrons. The monoisotopic (exact) mass is 154 g/mol. The first-order valence-electron chi connectivity index (χ1n) is 3.21. The Morgan fingerprint density at radius 3 is 3.10 bits per heavy atom. The lowest BCUT2D eigenvalue weighted by atomic mass is 10.2. The molecule has 3 heteroatoms. The topological polar surface area (TPSA) is 34.8 Å². The maximum absolute atomic E-state index is 5.86. The van der Waals surface area contributed by atoms with Crippen LogP contribution in [-0.4, -0.2) is 11.5 Å². The first-order chi connectivity index (χ1) is 4.88. The summed E-state index contributed by atoms with van der Waals surface area (Å²) in [6.07, 6.45) is 3.44. The van der Waals surface area contributed by atoms with Gasteiger partial charge in [0, 0.05) is 25.0 Å². The van der Waals surface area contributed by atoms with Crippen molar-refractivity contribution in [2.45, 2.75) is 6.04 Å². The van der Waals surface area contributed by atoms with Crippen LogP contribution in [0.1, 0.15) is 11.6 Å². The molecule has 0 spiro atoms. The molecule has 0 aliphatic carbocycles. The molecule has 0 bridgehead atoms. The lowest BCUT2D eigenvalue weighted by Gasteiger charge is -1.96. The van der Waals surface area contributed by atoms with E-state index in [2.05, 4.69) is 10.3 Å². The predicted molar refractivity (Wildman–Crippen MR) is 40.0 cm³/mol. The maximum Gasteiger partial charge on any atom is 0.0637 e. The van der Waals surface area contributed by atoms with Crippen molar-refractivity contribution in [1.29, 1.82) is 0 Å². The van der Waals surface area contributed by atoms with Crippen molar-refractivity contribution >= 4 is 11.6 Å². The zero-order chi connectivity index (χ0) is 6.97. The highest BCUT2D eigenvalue weighted by molar-refractivity contribution is 6.31. The number of rotatable bonds is 1. The number of hydrogen-bond acceptors (Lipinski definition) is 2. The van der Waals surface area contributed by atoms with Gasteiger partial charge >= 0.3 is 0 Å². The summed E-state index contributed by atoms with van der Waals surface area (Å²) >= 11 is 5.86. The van der Waals surface area contributed by atoms with Gasteiger partial charge in [0.1, 0.15) is 0 Å². The van der Waals surface area contributed by atoms with E-state index in [9.17, 15) is 0 Å². The van der Waals surface area contributed by atoms with Crippen LogP contribution in [0, 0.1) is 0 Å². The van der Waals surface area contributed by atoms with E-state index < -0.39 is 0 Å². The number of nitrogens with zero attached hydrogens (tertiary/aromatic N) is 1. The summed E-state index contributed by atoms with van der Waals surface area (Å²) in [7, 11) is 0. The third-order valence-corrected chi connectivity index (χ3v) is 1.90. The number of hydrogen-bond donors (Lipinski definition) is 1. The number of halogens is 1. The molecule has 0 aromatic carbocycles. The molecule has 10 heavy (non-hydrogen) atoms. The second-order valence-corrected chi connectivity index (χ2v) is 2.77. The molecule has 1 aliphatic heterocycles. The van der Waals surface area contributed by atoms with Crippen molar-refractivity contribution < 1.29 is 0 Å². The minimum atomic E-state index is 0.482. The van der Waals surface area contributed by atoms with Crippen LogP contribution in [0.4, 0.5) is 0 Å². The third-order valence-electron chi connectivity index (χ3n) is 1.59. The quantitative estimate of drug-likeness (QED) is 0.621. The number of pyridine rings is 1. The Labute approximate surface area is 64.2 Å². The van der Waals surface area contributed by atoms with Crippen molar-refractivity contribution in [3.8, 4) is 0 Å². The molecule has 1 N–H and O–H groups in total. The minimum Gasteiger partial charge on any atom is -0.307 e. The van der Waals surface area contributed by atoms with Crippen LogP contribution < -0.4 is 5.32 Å². The summed E-state index contributed by atoms with van der Waals surface area (Å²) in [6, 6.07) is 2.43. The van der Waals surface area contributed by atoms with Crippen LogP contribution in [-0.2, 0) is 0 Å². The van der Waals surface area contributed by atoms with Crippen molar-refractivity contribution in [3.05, 3.63) is 29.0 Å². The molecule has 1 aromatic rings. The Kier molecular flexibility index (Phi) is 1.36. The van der Waals surface area contributed by atoms with E-state index in [0.717, 1.165) is 17.1 Å². The predicted octanol–water partition coefficient (Wildman–Crippen LogP) is 1.38. The van der Waals surface area contributed by atoms with Gasteiger partial charge < -0.3 is 5.32 Å². The van der Waals surface area contributed by atoms with Crippen molar-refractivity contribution in [1.82, 2.24) is 10.3 Å². The Balaban J connectivity index is 2.39. The molecule has 1 aromatic heterocycles. The fourth-order valence-electron chi connectivity index (χ4n) is 0.947. The van der Waals surface area contributed by atoms with E-state index >= 15 is 0 Å². The fraction of sp³-hybridized carbons (Fsp3) is 0.286. The summed E-state index contributed by atoms with van der Waals surface area (Å²) in [6.45, 7) is 1.05. The minimum absolute atomic E-state index is 0.482. The maximum atomic E-state index is 5.86. The first-order valence-corrected chi connectivity index (χ1v) is 3.58. The van der Waals surface area contributed by atoms with Crippen molar-refractivity contribution in [2.24, 2.45) is 0 Å². The Morgan fingerprint density at radius 1 is 1.70 bits per heavy atom. The molecule has 2 nitrogen and oxygen atoms in total. The van der Waals surface area contributed by atoms with E-state index in [1.54, 1.807) is 12.4 Å². The van der Waals surface area contributed by atoms with E-state index in [1.165, 1.54) is 0 Å². The molecule has 1 atom stereocenters. The summed E-state index contributed by atoms with van der Waals surface area (Å²) < 4.78 is 0. The summed E-state index contributed by atoms with van der Waals surface area (Å²) in [5, 5.41) is 3.94. The number of nitrogens with one attached hydrogen (secondary N) is 1. The van der Waals surface area contributed by atoms with Gasteiger partial charge in [0.15, 0.2) is 0 Å². The van der Waals surface area contributed by atoms with E-state index in [-0.39, 0.29) is 0 Å². The molecule has 1 saturated heterocycles. The molecule has 2 rings (SSSR count). The molecular formula is C7H7ClN2. The first kappa shape index (κ1) is 6.13. The highest BCUT2D eigenvalue weighted by Crippen LogP contribution is 2.26. The van der Waals surface area contributed by atoms with Gasteiger partial charge in [0.25, 0.3) is 0 Å². The van der Waals surface area contributed by atoms with E-state index in [4.69, 9.17) is 11.6 Å². The standard InChI is InChI=1S/C7H7ClN2/c8-6-3-9-2-1-5(6)7-4-10-7/h1-3,7,10H,4H2/t7-/m1/s1. The molecule has 52 valence electrons. The fourth-order valence-corrected chi connectivity index (χ4v) is 1.20. The molecular weight excluding hydrogens is 148 g/mol. The van der Waals surface area contributed by atoms with Crippen LogP contribution in [0.5, 0.6) is 0 Å². The number of aromatic nitrogens is 1. The average Bonchev–Trinajstić information content (AvgIpc) is 2.71. The normalized spacial score (nSPS) is 22.7. The lowest BCUT2D eigenvalue weighted by molar-refractivity contribution is 1.06. The zero-order valence-corrected chi connectivity index (χ0v) is 6.10. The van der Waals surface area contributed by atoms with Gasteiger partial charge in [-0.25, -0.2) is 0 Å². The van der Waals surface area contributed by atoms with Crippen LogP contribution in [0.2, 0.25) is 5.02 Å². The lowest BCUT2D eigenvalue weighted by Crippen LogP contribution is -1.85. The van der Waals surface area contributed by atoms with Gasteiger partial charge in [0.2, 0.25) is 0 Å². The molecule has 1 aliphatic rings. The molecule has 0 saturated carbocycles. The van der Waals surface area contributed by atoms with Gasteiger partial charge in [-0.2, -0.15) is 0 Å². The average molecular weight is 155 g/mol. The van der Waals surface area contributed by atoms with Gasteiger partial charge in [0.05, 0.1) is 5.02 Å². The van der Waals surface area contributed by atoms with Gasteiger partial charge in [-0.1, -0.05) is 11.6 Å². The van der Waals surface area contributed by atoms with Crippen LogP contribution >= 0.6 is 11.6 Å². The van der Waals surface area contributed by atoms with Gasteiger partial charge in [-0.05, 0) is 11.6 Å². The van der Waals surface area contributed by atoms with Crippen LogP contribution in [0.3, 0.4) is 0 Å².